The Morgan fingerprint density at radius 1 is 1.18 bits per heavy atom. The molecule has 5 N–H and O–H groups in total. The van der Waals surface area contributed by atoms with E-state index < -0.39 is 55.0 Å². The van der Waals surface area contributed by atoms with Crippen LogP contribution in [0, 0.1) is 0 Å². The van der Waals surface area contributed by atoms with Crippen LogP contribution in [0.5, 0.6) is 0 Å². The molecular formula is C27H37BrO10. The van der Waals surface area contributed by atoms with Gasteiger partial charge in [0.05, 0.1) is 24.3 Å². The Bertz CT molecular complexity index is 954. The molecule has 1 aliphatic heterocycles. The molecule has 0 radical (unpaired) electrons. The van der Waals surface area contributed by atoms with Crippen molar-refractivity contribution in [3.05, 3.63) is 58.7 Å². The molecule has 7 atom stereocenters. The molecule has 0 saturated carbocycles. The van der Waals surface area contributed by atoms with Crippen LogP contribution in [0.4, 0.5) is 0 Å². The average molecular weight is 601 g/mol. The van der Waals surface area contributed by atoms with Crippen molar-refractivity contribution < 1.29 is 49.3 Å². The van der Waals surface area contributed by atoms with Crippen molar-refractivity contribution in [3.8, 4) is 0 Å². The molecule has 10 nitrogen and oxygen atoms in total. The van der Waals surface area contributed by atoms with Crippen LogP contribution in [-0.4, -0.2) is 93.4 Å². The molecule has 1 saturated heterocycles. The summed E-state index contributed by atoms with van der Waals surface area (Å²) in [5.41, 5.74) is -1.39. The fraction of sp³-hybridized carbons (Fsp3) is 0.556. The highest BCUT2D eigenvalue weighted by Crippen LogP contribution is 2.36. The molecule has 4 unspecified atom stereocenters. The van der Waals surface area contributed by atoms with E-state index in [1.807, 2.05) is 25.2 Å². The zero-order chi connectivity index (χ0) is 28.3. The van der Waals surface area contributed by atoms with Gasteiger partial charge in [0, 0.05) is 18.4 Å². The Balaban J connectivity index is 2.21. The Morgan fingerprint density at radius 2 is 1.89 bits per heavy atom. The van der Waals surface area contributed by atoms with Gasteiger partial charge < -0.3 is 39.7 Å². The molecule has 1 fully saturated rings. The van der Waals surface area contributed by atoms with Crippen LogP contribution in [-0.2, 0) is 23.8 Å². The normalized spacial score (nSPS) is 32.1. The van der Waals surface area contributed by atoms with E-state index >= 15 is 0 Å². The third-order valence-electron chi connectivity index (χ3n) is 6.17. The minimum Gasteiger partial charge on any atom is -0.469 e. The molecule has 0 aromatic heterocycles. The molecule has 38 heavy (non-hydrogen) atoms. The Morgan fingerprint density at radius 3 is 2.55 bits per heavy atom. The number of allylic oxidation sites excluding steroid dienone is 6. The summed E-state index contributed by atoms with van der Waals surface area (Å²) in [5.74, 6) is -0.884. The minimum absolute atomic E-state index is 0.0489. The van der Waals surface area contributed by atoms with Gasteiger partial charge in [0.1, 0.15) is 30.0 Å². The smallest absolute Gasteiger partial charge is 0.305 e. The third-order valence-corrected chi connectivity index (χ3v) is 6.76. The van der Waals surface area contributed by atoms with E-state index in [0.717, 1.165) is 6.42 Å². The molecule has 0 spiro atoms. The summed E-state index contributed by atoms with van der Waals surface area (Å²) in [7, 11) is 1.24. The molecule has 0 amide bonds. The summed E-state index contributed by atoms with van der Waals surface area (Å²) < 4.78 is 16.1. The molecule has 2 aliphatic rings. The largest absolute Gasteiger partial charge is 0.469 e. The molecule has 1 heterocycles. The lowest BCUT2D eigenvalue weighted by Crippen LogP contribution is -2.59. The lowest BCUT2D eigenvalue weighted by molar-refractivity contribution is -0.307. The minimum atomic E-state index is -1.63. The zero-order valence-electron chi connectivity index (χ0n) is 21.5. The van der Waals surface area contributed by atoms with Gasteiger partial charge in [0.2, 0.25) is 0 Å². The number of halogens is 1. The Labute approximate surface area is 230 Å². The average Bonchev–Trinajstić information content (AvgIpc) is 3.11. The predicted octanol–water partition coefficient (Wildman–Crippen LogP) is 1.50. The number of carbonyl (C=O) groups is 2. The van der Waals surface area contributed by atoms with Crippen molar-refractivity contribution in [1.82, 2.24) is 0 Å². The van der Waals surface area contributed by atoms with E-state index in [9.17, 15) is 35.1 Å². The Hall–Kier alpha value is -1.96. The van der Waals surface area contributed by atoms with E-state index in [0.29, 0.717) is 6.42 Å². The number of Topliss-reactive ketones (excluding diaryl/α,β-unsaturated/α-hetero) is 1. The van der Waals surface area contributed by atoms with Crippen LogP contribution in [0.1, 0.15) is 39.0 Å². The highest BCUT2D eigenvalue weighted by Gasteiger charge is 2.44. The van der Waals surface area contributed by atoms with Gasteiger partial charge in [-0.25, -0.2) is 0 Å². The summed E-state index contributed by atoms with van der Waals surface area (Å²) in [6.45, 7) is 1.42. The van der Waals surface area contributed by atoms with Crippen LogP contribution in [0.15, 0.2) is 58.7 Å². The van der Waals surface area contributed by atoms with Crippen molar-refractivity contribution in [2.75, 3.05) is 13.7 Å². The second kappa shape index (κ2) is 15.6. The summed E-state index contributed by atoms with van der Waals surface area (Å²) >= 11 is 3.19. The van der Waals surface area contributed by atoms with Crippen LogP contribution in [0.3, 0.4) is 0 Å². The first-order valence-electron chi connectivity index (χ1n) is 12.4. The van der Waals surface area contributed by atoms with E-state index in [1.54, 1.807) is 6.08 Å². The number of hydrogen-bond donors (Lipinski definition) is 5. The number of methoxy groups -OCH3 is 1. The maximum atomic E-state index is 12.7. The number of ketones is 1. The molecule has 2 rings (SSSR count). The van der Waals surface area contributed by atoms with E-state index in [1.165, 1.54) is 31.4 Å². The van der Waals surface area contributed by atoms with E-state index in [2.05, 4.69) is 20.7 Å². The summed E-state index contributed by atoms with van der Waals surface area (Å²) in [6, 6.07) is 0. The second-order valence-electron chi connectivity index (χ2n) is 8.99. The van der Waals surface area contributed by atoms with Crippen LogP contribution in [0.2, 0.25) is 0 Å². The van der Waals surface area contributed by atoms with Crippen molar-refractivity contribution in [1.29, 1.82) is 0 Å². The van der Waals surface area contributed by atoms with Crippen molar-refractivity contribution >= 4 is 27.7 Å². The fourth-order valence-corrected chi connectivity index (χ4v) is 4.56. The number of carbonyl (C=O) groups excluding carboxylic acids is 2. The van der Waals surface area contributed by atoms with Crippen LogP contribution < -0.4 is 0 Å². The maximum Gasteiger partial charge on any atom is 0.305 e. The first-order valence-corrected chi connectivity index (χ1v) is 13.2. The molecule has 0 aromatic rings. The van der Waals surface area contributed by atoms with Gasteiger partial charge in [-0.3, -0.25) is 9.59 Å². The molecular weight excluding hydrogens is 564 g/mol. The lowest BCUT2D eigenvalue weighted by Gasteiger charge is -2.40. The SMILES string of the molecule is CC/C=C\C/C=C\CC1(O)C=C(Br)C(=O)/C1=C\C=C\C(CCC(=O)OC)O[C@@H]1O[C@H](CO)C(O)[C@H](O)C1O. The van der Waals surface area contributed by atoms with Gasteiger partial charge in [0.15, 0.2) is 12.1 Å². The van der Waals surface area contributed by atoms with Crippen molar-refractivity contribution in [2.24, 2.45) is 0 Å². The van der Waals surface area contributed by atoms with E-state index in [4.69, 9.17) is 9.47 Å². The number of hydrogen-bond acceptors (Lipinski definition) is 10. The van der Waals surface area contributed by atoms with Crippen LogP contribution in [0.25, 0.3) is 0 Å². The third kappa shape index (κ3) is 8.78. The lowest BCUT2D eigenvalue weighted by atomic mass is 9.92. The van der Waals surface area contributed by atoms with Crippen LogP contribution >= 0.6 is 15.9 Å². The number of esters is 1. The topological polar surface area (TPSA) is 163 Å². The second-order valence-corrected chi connectivity index (χ2v) is 9.84. The standard InChI is InChI=1S/C27H37BrO10/c1-3-4-5-6-7-8-14-27(35)15-19(28)22(31)18(27)11-9-10-17(12-13-21(30)36-2)37-26-25(34)24(33)23(32)20(16-29)38-26/h4-5,7-11,15,17,20,23-26,29,32-35H,3,6,12-14,16H2,1-2H3/b5-4-,8-7-,10-9+,18-11+/t17?,20-,23?,24+,25?,26-,27?/m1/s1. The van der Waals surface area contributed by atoms with Crippen molar-refractivity contribution in [3.63, 3.8) is 0 Å². The predicted molar refractivity (Wildman–Crippen MR) is 142 cm³/mol. The highest BCUT2D eigenvalue weighted by molar-refractivity contribution is 9.12. The fourth-order valence-electron chi connectivity index (χ4n) is 3.97. The molecule has 1 aliphatic carbocycles. The van der Waals surface area contributed by atoms with Crippen molar-refractivity contribution in [2.45, 2.75) is 81.4 Å². The van der Waals surface area contributed by atoms with Gasteiger partial charge >= 0.3 is 5.97 Å². The quantitative estimate of drug-likeness (QED) is 0.119. The monoisotopic (exact) mass is 600 g/mol. The molecule has 0 aromatic carbocycles. The van der Waals surface area contributed by atoms with Gasteiger partial charge in [-0.15, -0.1) is 0 Å². The zero-order valence-corrected chi connectivity index (χ0v) is 23.1. The maximum absolute atomic E-state index is 12.7. The Kier molecular flexibility index (Phi) is 13.2. The van der Waals surface area contributed by atoms with Gasteiger partial charge in [-0.1, -0.05) is 49.5 Å². The highest BCUT2D eigenvalue weighted by atomic mass is 79.9. The number of aliphatic hydroxyl groups excluding tert-OH is 4. The number of aliphatic hydroxyl groups is 5. The summed E-state index contributed by atoms with van der Waals surface area (Å²) in [4.78, 5) is 24.4. The molecule has 212 valence electrons. The number of ether oxygens (including phenoxy) is 3. The summed E-state index contributed by atoms with van der Waals surface area (Å²) in [6.07, 6.45) is 7.25. The molecule has 11 heteroatoms. The van der Waals surface area contributed by atoms with Gasteiger partial charge in [-0.2, -0.15) is 0 Å². The first-order chi connectivity index (χ1) is 18.1. The summed E-state index contributed by atoms with van der Waals surface area (Å²) in [5, 5.41) is 50.9. The van der Waals surface area contributed by atoms with E-state index in [-0.39, 0.29) is 35.1 Å². The van der Waals surface area contributed by atoms with Gasteiger partial charge in [-0.05, 0) is 41.3 Å². The molecule has 0 bridgehead atoms. The number of rotatable bonds is 13. The van der Waals surface area contributed by atoms with Gasteiger partial charge in [0.25, 0.3) is 0 Å². The first kappa shape index (κ1) is 32.3.